The normalized spacial score (nSPS) is 20.6. The van der Waals surface area contributed by atoms with Crippen LogP contribution in [-0.2, 0) is 0 Å². The molecule has 1 atom stereocenters. The molecule has 0 spiro atoms. The maximum absolute atomic E-state index is 12.3. The topological polar surface area (TPSA) is 57.8 Å². The summed E-state index contributed by atoms with van der Waals surface area (Å²) in [4.78, 5) is 19.5. The van der Waals surface area contributed by atoms with Crippen molar-refractivity contribution in [1.29, 1.82) is 0 Å². The van der Waals surface area contributed by atoms with Gasteiger partial charge in [0, 0.05) is 5.56 Å². The Kier molecular flexibility index (Phi) is 2.65. The lowest BCUT2D eigenvalue weighted by molar-refractivity contribution is 0.0927. The smallest absolute Gasteiger partial charge is 0.179 e. The Hall–Kier alpha value is -1.68. The van der Waals surface area contributed by atoms with Gasteiger partial charge >= 0.3 is 0 Å². The van der Waals surface area contributed by atoms with E-state index in [1.54, 1.807) is 6.33 Å². The van der Waals surface area contributed by atoms with E-state index in [0.29, 0.717) is 0 Å². The van der Waals surface area contributed by atoms with Crippen LogP contribution >= 0.6 is 0 Å². The van der Waals surface area contributed by atoms with Gasteiger partial charge in [0.1, 0.15) is 0 Å². The van der Waals surface area contributed by atoms with Crippen molar-refractivity contribution in [1.82, 2.24) is 15.3 Å². The first kappa shape index (κ1) is 10.5. The molecule has 4 heteroatoms. The van der Waals surface area contributed by atoms with Gasteiger partial charge < -0.3 is 10.3 Å². The van der Waals surface area contributed by atoms with Gasteiger partial charge in [-0.1, -0.05) is 6.42 Å². The van der Waals surface area contributed by atoms with E-state index in [2.05, 4.69) is 15.3 Å². The van der Waals surface area contributed by atoms with Crippen LogP contribution in [0, 0.1) is 0 Å². The summed E-state index contributed by atoms with van der Waals surface area (Å²) >= 11 is 0. The van der Waals surface area contributed by atoms with Crippen LogP contribution in [0.4, 0.5) is 0 Å². The number of H-pyrrole nitrogens is 1. The largest absolute Gasteiger partial charge is 0.345 e. The summed E-state index contributed by atoms with van der Waals surface area (Å²) in [5.74, 6) is 0.196. The number of nitrogens with one attached hydrogen (secondary N) is 2. The summed E-state index contributed by atoms with van der Waals surface area (Å²) in [6, 6.07) is 5.63. The summed E-state index contributed by atoms with van der Waals surface area (Å²) in [7, 11) is 0. The van der Waals surface area contributed by atoms with Gasteiger partial charge in [-0.25, -0.2) is 4.98 Å². The molecule has 2 aromatic rings. The Balaban J connectivity index is 1.88. The Bertz CT molecular complexity index is 540. The third-order valence-corrected chi connectivity index (χ3v) is 3.33. The van der Waals surface area contributed by atoms with Crippen LogP contribution in [0.3, 0.4) is 0 Å². The number of carbonyl (C=O) groups excluding carboxylic acids is 1. The van der Waals surface area contributed by atoms with Crippen LogP contribution in [0.15, 0.2) is 24.5 Å². The number of ketones is 1. The highest BCUT2D eigenvalue weighted by molar-refractivity contribution is 6.02. The minimum Gasteiger partial charge on any atom is -0.345 e. The van der Waals surface area contributed by atoms with Gasteiger partial charge in [-0.3, -0.25) is 4.79 Å². The molecule has 0 saturated carbocycles. The van der Waals surface area contributed by atoms with E-state index in [9.17, 15) is 4.79 Å². The summed E-state index contributed by atoms with van der Waals surface area (Å²) in [6.07, 6.45) is 4.90. The predicted octanol–water partition coefficient (Wildman–Crippen LogP) is 1.89. The van der Waals surface area contributed by atoms with Crippen molar-refractivity contribution in [3.05, 3.63) is 30.1 Å². The molecule has 1 aromatic heterocycles. The fraction of sp³-hybridized carbons (Fsp3) is 0.385. The molecule has 1 saturated heterocycles. The Morgan fingerprint density at radius 3 is 3.12 bits per heavy atom. The third kappa shape index (κ3) is 1.96. The minimum atomic E-state index is -0.0101. The van der Waals surface area contributed by atoms with Gasteiger partial charge in [-0.2, -0.15) is 0 Å². The number of nitrogens with zero attached hydrogens (tertiary/aromatic N) is 1. The van der Waals surface area contributed by atoms with Crippen molar-refractivity contribution >= 4 is 16.8 Å². The number of imidazole rings is 1. The van der Waals surface area contributed by atoms with Crippen molar-refractivity contribution in [3.63, 3.8) is 0 Å². The number of fused-ring (bicyclic) bond motifs is 1. The van der Waals surface area contributed by atoms with E-state index in [-0.39, 0.29) is 11.8 Å². The molecule has 4 nitrogen and oxygen atoms in total. The number of piperidine rings is 1. The average Bonchev–Trinajstić information content (AvgIpc) is 2.86. The Labute approximate surface area is 99.4 Å². The molecule has 1 unspecified atom stereocenters. The first-order valence-electron chi connectivity index (χ1n) is 6.05. The van der Waals surface area contributed by atoms with Gasteiger partial charge in [0.25, 0.3) is 0 Å². The zero-order valence-corrected chi connectivity index (χ0v) is 9.57. The molecule has 2 heterocycles. The lowest BCUT2D eigenvalue weighted by atomic mass is 9.96. The molecule has 0 bridgehead atoms. The molecule has 0 amide bonds. The molecule has 88 valence electrons. The van der Waals surface area contributed by atoms with Crippen LogP contribution in [0.5, 0.6) is 0 Å². The van der Waals surface area contributed by atoms with Gasteiger partial charge in [-0.15, -0.1) is 0 Å². The molecular formula is C13H15N3O. The average molecular weight is 229 g/mol. The number of hydrogen-bond acceptors (Lipinski definition) is 3. The minimum absolute atomic E-state index is 0.0101. The molecule has 0 radical (unpaired) electrons. The van der Waals surface area contributed by atoms with Gasteiger partial charge in [0.05, 0.1) is 23.4 Å². The van der Waals surface area contributed by atoms with E-state index in [0.717, 1.165) is 36.0 Å². The standard InChI is InChI=1S/C13H15N3O/c17-13(11-3-1-2-6-14-11)9-4-5-10-12(7-9)16-8-15-10/h4-5,7-8,11,14H,1-3,6H2,(H,15,16). The van der Waals surface area contributed by atoms with E-state index in [1.807, 2.05) is 18.2 Å². The quantitative estimate of drug-likeness (QED) is 0.773. The van der Waals surface area contributed by atoms with Gasteiger partial charge in [0.15, 0.2) is 5.78 Å². The van der Waals surface area contributed by atoms with Crippen molar-refractivity contribution in [3.8, 4) is 0 Å². The van der Waals surface area contributed by atoms with Crippen molar-refractivity contribution < 1.29 is 4.79 Å². The summed E-state index contributed by atoms with van der Waals surface area (Å²) in [5, 5.41) is 3.28. The number of aromatic amines is 1. The van der Waals surface area contributed by atoms with Crippen LogP contribution in [0.1, 0.15) is 29.6 Å². The fourth-order valence-corrected chi connectivity index (χ4v) is 2.37. The van der Waals surface area contributed by atoms with Crippen LogP contribution in [-0.4, -0.2) is 28.3 Å². The summed E-state index contributed by atoms with van der Waals surface area (Å²) in [6.45, 7) is 0.947. The number of Topliss-reactive ketones (excluding diaryl/α,β-unsaturated/α-hetero) is 1. The lowest BCUT2D eigenvalue weighted by Crippen LogP contribution is -2.40. The first-order chi connectivity index (χ1) is 8.34. The number of hydrogen-bond donors (Lipinski definition) is 2. The fourth-order valence-electron chi connectivity index (χ4n) is 2.37. The molecule has 2 N–H and O–H groups in total. The molecule has 1 aromatic carbocycles. The maximum atomic E-state index is 12.3. The second kappa shape index (κ2) is 4.30. The second-order valence-corrected chi connectivity index (χ2v) is 4.50. The highest BCUT2D eigenvalue weighted by Gasteiger charge is 2.21. The lowest BCUT2D eigenvalue weighted by Gasteiger charge is -2.22. The zero-order valence-electron chi connectivity index (χ0n) is 9.57. The SMILES string of the molecule is O=C(c1ccc2nc[nH]c2c1)C1CCCCN1. The van der Waals surface area contributed by atoms with Crippen molar-refractivity contribution in [2.24, 2.45) is 0 Å². The monoisotopic (exact) mass is 229 g/mol. The highest BCUT2D eigenvalue weighted by atomic mass is 16.1. The summed E-state index contributed by atoms with van der Waals surface area (Å²) in [5.41, 5.74) is 2.59. The molecule has 3 rings (SSSR count). The molecule has 1 aliphatic rings. The van der Waals surface area contributed by atoms with Gasteiger partial charge in [-0.05, 0) is 37.6 Å². The zero-order chi connectivity index (χ0) is 11.7. The molecule has 1 fully saturated rings. The Morgan fingerprint density at radius 2 is 2.29 bits per heavy atom. The highest BCUT2D eigenvalue weighted by Crippen LogP contribution is 2.16. The Morgan fingerprint density at radius 1 is 1.35 bits per heavy atom. The molecular weight excluding hydrogens is 214 g/mol. The van der Waals surface area contributed by atoms with Crippen LogP contribution in [0.25, 0.3) is 11.0 Å². The predicted molar refractivity (Wildman–Crippen MR) is 66.1 cm³/mol. The molecule has 17 heavy (non-hydrogen) atoms. The maximum Gasteiger partial charge on any atom is 0.179 e. The number of rotatable bonds is 2. The van der Waals surface area contributed by atoms with Crippen molar-refractivity contribution in [2.45, 2.75) is 25.3 Å². The summed E-state index contributed by atoms with van der Waals surface area (Å²) < 4.78 is 0. The number of benzene rings is 1. The van der Waals surface area contributed by atoms with Crippen LogP contribution < -0.4 is 5.32 Å². The van der Waals surface area contributed by atoms with Gasteiger partial charge in [0.2, 0.25) is 0 Å². The van der Waals surface area contributed by atoms with E-state index in [4.69, 9.17) is 0 Å². The first-order valence-corrected chi connectivity index (χ1v) is 6.05. The number of carbonyl (C=O) groups is 1. The van der Waals surface area contributed by atoms with E-state index >= 15 is 0 Å². The second-order valence-electron chi connectivity index (χ2n) is 4.50. The molecule has 1 aliphatic heterocycles. The van der Waals surface area contributed by atoms with Crippen LogP contribution in [0.2, 0.25) is 0 Å². The van der Waals surface area contributed by atoms with E-state index in [1.165, 1.54) is 6.42 Å². The molecule has 0 aliphatic carbocycles. The van der Waals surface area contributed by atoms with E-state index < -0.39 is 0 Å². The third-order valence-electron chi connectivity index (χ3n) is 3.33. The number of aromatic nitrogens is 2. The van der Waals surface area contributed by atoms with Crippen molar-refractivity contribution in [2.75, 3.05) is 6.54 Å².